The van der Waals surface area contributed by atoms with Crippen molar-refractivity contribution in [3.63, 3.8) is 0 Å². The normalized spacial score (nSPS) is 18.8. The van der Waals surface area contributed by atoms with Crippen LogP contribution in [0.1, 0.15) is 44.0 Å². The number of aromatic amines is 1. The molecule has 1 aliphatic carbocycles. The predicted octanol–water partition coefficient (Wildman–Crippen LogP) is 2.19. The molecule has 2 aromatic heterocycles. The van der Waals surface area contributed by atoms with Crippen molar-refractivity contribution in [3.8, 4) is 11.4 Å². The third-order valence-electron chi connectivity index (χ3n) is 3.97. The van der Waals surface area contributed by atoms with Gasteiger partial charge in [-0.3, -0.25) is 9.89 Å². The Labute approximate surface area is 136 Å². The highest BCUT2D eigenvalue weighted by Crippen LogP contribution is 2.33. The molecule has 4 rings (SSSR count). The zero-order valence-corrected chi connectivity index (χ0v) is 12.0. The minimum Gasteiger partial charge on any atom is -0.345 e. The fourth-order valence-electron chi connectivity index (χ4n) is 2.86. The van der Waals surface area contributed by atoms with Crippen molar-refractivity contribution in [2.45, 2.75) is 25.7 Å². The van der Waals surface area contributed by atoms with Crippen molar-refractivity contribution in [2.24, 2.45) is 0 Å². The lowest BCUT2D eigenvalue weighted by molar-refractivity contribution is 0.0937. The summed E-state index contributed by atoms with van der Waals surface area (Å²) >= 11 is 0. The summed E-state index contributed by atoms with van der Waals surface area (Å²) in [7, 11) is 0. The maximum Gasteiger partial charge on any atom is 0.254 e. The molecular weight excluding hydrogens is 294 g/mol. The highest BCUT2D eigenvalue weighted by atomic mass is 16.5. The van der Waals surface area contributed by atoms with Gasteiger partial charge < -0.3 is 9.84 Å². The van der Waals surface area contributed by atoms with Crippen LogP contribution in [0, 0.1) is 6.85 Å². The van der Waals surface area contributed by atoms with Crippen LogP contribution in [0.2, 0.25) is 0 Å². The Morgan fingerprint density at radius 2 is 2.48 bits per heavy atom. The van der Waals surface area contributed by atoms with E-state index >= 15 is 0 Å². The highest BCUT2D eigenvalue weighted by Gasteiger charge is 2.25. The van der Waals surface area contributed by atoms with Gasteiger partial charge in [-0.25, -0.2) is 0 Å². The number of H-pyrrole nitrogens is 1. The van der Waals surface area contributed by atoms with Gasteiger partial charge in [0.1, 0.15) is 0 Å². The number of rotatable bonds is 3. The zero-order chi connectivity index (χ0) is 18.3. The molecule has 7 nitrogen and oxygen atoms in total. The number of aryl methyl sites for hydroxylation is 2. The van der Waals surface area contributed by atoms with Crippen LogP contribution < -0.4 is 5.32 Å². The summed E-state index contributed by atoms with van der Waals surface area (Å²) in [5.74, 6) is -0.316. The van der Waals surface area contributed by atoms with E-state index in [1.54, 1.807) is 12.3 Å². The number of amides is 1. The average Bonchev–Trinajstić information content (AvgIpc) is 3.34. The molecule has 0 radical (unpaired) electrons. The minimum atomic E-state index is -2.43. The first-order valence-corrected chi connectivity index (χ1v) is 7.19. The number of carbonyl (C=O) groups is 1. The molecule has 1 amide bonds. The van der Waals surface area contributed by atoms with Gasteiger partial charge in [0.2, 0.25) is 11.7 Å². The largest absolute Gasteiger partial charge is 0.345 e. The lowest BCUT2D eigenvalue weighted by atomic mass is 10.0. The predicted molar refractivity (Wildman–Crippen MR) is 81.6 cm³/mol. The van der Waals surface area contributed by atoms with E-state index in [-0.39, 0.29) is 23.7 Å². The maximum atomic E-state index is 12.2. The Morgan fingerprint density at radius 3 is 3.26 bits per heavy atom. The first-order valence-electron chi connectivity index (χ1n) is 8.69. The lowest BCUT2D eigenvalue weighted by Crippen LogP contribution is -2.26. The zero-order valence-electron chi connectivity index (χ0n) is 15.0. The Morgan fingerprint density at radius 1 is 1.52 bits per heavy atom. The number of nitrogens with one attached hydrogen (secondary N) is 2. The van der Waals surface area contributed by atoms with E-state index in [1.807, 2.05) is 12.1 Å². The Bertz CT molecular complexity index is 949. The van der Waals surface area contributed by atoms with E-state index in [2.05, 4.69) is 25.7 Å². The van der Waals surface area contributed by atoms with E-state index < -0.39 is 6.85 Å². The molecule has 1 atom stereocenters. The summed E-state index contributed by atoms with van der Waals surface area (Å²) in [5, 5.41) is 13.1. The van der Waals surface area contributed by atoms with Gasteiger partial charge in [-0.15, -0.1) is 0 Å². The Balaban J connectivity index is 1.55. The third kappa shape index (κ3) is 2.50. The summed E-state index contributed by atoms with van der Waals surface area (Å²) in [4.78, 5) is 16.2. The molecule has 1 aromatic carbocycles. The number of hydrogen-bond acceptors (Lipinski definition) is 5. The number of nitrogens with zero attached hydrogens (tertiary/aromatic N) is 3. The molecule has 3 aromatic rings. The molecule has 0 saturated carbocycles. The molecule has 0 fully saturated rings. The van der Waals surface area contributed by atoms with Crippen molar-refractivity contribution in [1.29, 1.82) is 0 Å². The molecule has 2 heterocycles. The SMILES string of the molecule is [2H]C([2H])([2H])c1nc(-c2ccc3c(c2)CC[C@H]3NC(=O)c2cn[nH]c2)no1. The summed E-state index contributed by atoms with van der Waals surface area (Å²) < 4.78 is 26.8. The van der Waals surface area contributed by atoms with Gasteiger partial charge >= 0.3 is 0 Å². The van der Waals surface area contributed by atoms with Gasteiger partial charge in [0.15, 0.2) is 0 Å². The van der Waals surface area contributed by atoms with Crippen molar-refractivity contribution in [2.75, 3.05) is 0 Å². The number of carbonyl (C=O) groups excluding carboxylic acids is 1. The Kier molecular flexibility index (Phi) is 2.49. The van der Waals surface area contributed by atoms with Gasteiger partial charge in [0.25, 0.3) is 5.91 Å². The molecule has 7 heteroatoms. The molecule has 116 valence electrons. The smallest absolute Gasteiger partial charge is 0.254 e. The molecule has 2 N–H and O–H groups in total. The van der Waals surface area contributed by atoms with Crippen LogP contribution >= 0.6 is 0 Å². The lowest BCUT2D eigenvalue weighted by Gasteiger charge is -2.13. The minimum absolute atomic E-state index is 0.0790. The molecule has 0 aliphatic heterocycles. The van der Waals surface area contributed by atoms with Crippen LogP contribution in [0.5, 0.6) is 0 Å². The van der Waals surface area contributed by atoms with E-state index in [9.17, 15) is 4.79 Å². The molecule has 0 spiro atoms. The number of fused-ring (bicyclic) bond motifs is 1. The van der Waals surface area contributed by atoms with Crippen molar-refractivity contribution < 1.29 is 13.4 Å². The van der Waals surface area contributed by atoms with Crippen LogP contribution in [-0.4, -0.2) is 26.2 Å². The monoisotopic (exact) mass is 312 g/mol. The van der Waals surface area contributed by atoms with Crippen LogP contribution in [0.15, 0.2) is 35.1 Å². The molecule has 0 unspecified atom stereocenters. The van der Waals surface area contributed by atoms with E-state index in [0.717, 1.165) is 24.0 Å². The second kappa shape index (κ2) is 5.35. The van der Waals surface area contributed by atoms with Gasteiger partial charge in [0.05, 0.1) is 17.8 Å². The summed E-state index contributed by atoms with van der Waals surface area (Å²) in [6.45, 7) is -2.43. The van der Waals surface area contributed by atoms with E-state index in [1.165, 1.54) is 6.20 Å². The highest BCUT2D eigenvalue weighted by molar-refractivity contribution is 5.94. The maximum absolute atomic E-state index is 12.2. The topological polar surface area (TPSA) is 96.7 Å². The quantitative estimate of drug-likeness (QED) is 0.772. The van der Waals surface area contributed by atoms with Crippen LogP contribution in [0.3, 0.4) is 0 Å². The third-order valence-corrected chi connectivity index (χ3v) is 3.97. The van der Waals surface area contributed by atoms with Crippen LogP contribution in [0.4, 0.5) is 0 Å². The van der Waals surface area contributed by atoms with Gasteiger partial charge in [-0.2, -0.15) is 10.1 Å². The fourth-order valence-corrected chi connectivity index (χ4v) is 2.86. The molecule has 23 heavy (non-hydrogen) atoms. The van der Waals surface area contributed by atoms with Gasteiger partial charge in [-0.05, 0) is 30.0 Å². The first-order chi connectivity index (χ1) is 12.4. The van der Waals surface area contributed by atoms with E-state index in [0.29, 0.717) is 11.1 Å². The standard InChI is InChI=1S/C16H15N5O2/c1-9-19-15(21-23-9)11-2-4-13-10(6-11)3-5-14(13)20-16(22)12-7-17-18-8-12/h2,4,6-8,14H,3,5H2,1H3,(H,17,18)(H,20,22)/t14-/m1/s1/i1D3. The van der Waals surface area contributed by atoms with Gasteiger partial charge in [-0.1, -0.05) is 17.3 Å². The van der Waals surface area contributed by atoms with Crippen molar-refractivity contribution in [3.05, 3.63) is 53.2 Å². The van der Waals surface area contributed by atoms with Crippen LogP contribution in [0.25, 0.3) is 11.4 Å². The number of aromatic nitrogens is 4. The summed E-state index contributed by atoms with van der Waals surface area (Å²) in [6, 6.07) is 5.54. The molecule has 1 aliphatic rings. The first kappa shape index (κ1) is 10.7. The van der Waals surface area contributed by atoms with E-state index in [4.69, 9.17) is 8.64 Å². The van der Waals surface area contributed by atoms with Crippen molar-refractivity contribution in [1.82, 2.24) is 25.7 Å². The van der Waals surface area contributed by atoms with Gasteiger partial charge in [0, 0.05) is 22.7 Å². The van der Waals surface area contributed by atoms with Crippen molar-refractivity contribution >= 4 is 5.91 Å². The Hall–Kier alpha value is -2.96. The molecule has 0 bridgehead atoms. The second-order valence-corrected chi connectivity index (χ2v) is 5.39. The van der Waals surface area contributed by atoms with Crippen LogP contribution in [-0.2, 0) is 6.42 Å². The number of hydrogen-bond donors (Lipinski definition) is 2. The average molecular weight is 312 g/mol. The summed E-state index contributed by atoms with van der Waals surface area (Å²) in [5.41, 5.74) is 3.27. The second-order valence-electron chi connectivity index (χ2n) is 5.39. The fraction of sp³-hybridized carbons (Fsp3) is 0.250. The number of benzene rings is 1. The molecular formula is C16H15N5O2. The summed E-state index contributed by atoms with van der Waals surface area (Å²) in [6.07, 6.45) is 4.61. The molecule has 0 saturated heterocycles.